The molecule has 2 aromatic carbocycles. The molecule has 1 amide bonds. The Kier molecular flexibility index (Phi) is 4.73. The normalized spacial score (nSPS) is 12.1. The number of hydrogen-bond donors (Lipinski definition) is 1. The number of amides is 1. The molecule has 1 N–H and O–H groups in total. The van der Waals surface area contributed by atoms with Gasteiger partial charge in [-0.15, -0.1) is 11.3 Å². The van der Waals surface area contributed by atoms with Gasteiger partial charge in [0.1, 0.15) is 12.4 Å². The fourth-order valence-electron chi connectivity index (χ4n) is 2.72. The highest BCUT2D eigenvalue weighted by atomic mass is 32.1. The summed E-state index contributed by atoms with van der Waals surface area (Å²) in [6, 6.07) is 13.2. The van der Waals surface area contributed by atoms with E-state index in [4.69, 9.17) is 14.2 Å². The van der Waals surface area contributed by atoms with Gasteiger partial charge in [-0.05, 0) is 60.7 Å². The average Bonchev–Trinajstić information content (AvgIpc) is 3.31. The van der Waals surface area contributed by atoms with Gasteiger partial charge in [-0.25, -0.2) is 0 Å². The molecule has 0 spiro atoms. The summed E-state index contributed by atoms with van der Waals surface area (Å²) in [6.07, 6.45) is 0. The summed E-state index contributed by atoms with van der Waals surface area (Å²) in [5.74, 6) is 2.00. The van der Waals surface area contributed by atoms with E-state index in [-0.39, 0.29) is 12.7 Å². The molecule has 0 saturated carbocycles. The fraction of sp³-hybridized carbons (Fsp3) is 0.190. The minimum Gasteiger partial charge on any atom is -0.489 e. The van der Waals surface area contributed by atoms with Crippen molar-refractivity contribution in [2.45, 2.75) is 20.5 Å². The van der Waals surface area contributed by atoms with Gasteiger partial charge in [0.15, 0.2) is 11.5 Å². The van der Waals surface area contributed by atoms with Crippen molar-refractivity contribution >= 4 is 22.9 Å². The number of benzene rings is 2. The van der Waals surface area contributed by atoms with E-state index in [1.807, 2.05) is 61.7 Å². The molecular formula is C21H19NO4S. The van der Waals surface area contributed by atoms with Crippen LogP contribution in [-0.4, -0.2) is 12.7 Å². The molecule has 1 aromatic heterocycles. The van der Waals surface area contributed by atoms with Crippen LogP contribution in [0.1, 0.15) is 26.4 Å². The number of fused-ring (bicyclic) bond motifs is 1. The first kappa shape index (κ1) is 17.4. The highest BCUT2D eigenvalue weighted by Gasteiger charge is 2.14. The zero-order valence-electron chi connectivity index (χ0n) is 15.1. The maximum Gasteiger partial charge on any atom is 0.265 e. The number of aryl methyl sites for hydroxylation is 2. The topological polar surface area (TPSA) is 56.8 Å². The molecule has 4 rings (SSSR count). The van der Waals surface area contributed by atoms with Crippen LogP contribution in [0, 0.1) is 13.8 Å². The Hall–Kier alpha value is -2.99. The van der Waals surface area contributed by atoms with E-state index in [9.17, 15) is 4.79 Å². The van der Waals surface area contributed by atoms with Crippen LogP contribution in [0.25, 0.3) is 0 Å². The summed E-state index contributed by atoms with van der Waals surface area (Å²) in [5.41, 5.74) is 4.10. The molecule has 0 fully saturated rings. The van der Waals surface area contributed by atoms with Gasteiger partial charge in [-0.2, -0.15) is 0 Å². The minimum absolute atomic E-state index is 0.113. The predicted molar refractivity (Wildman–Crippen MR) is 105 cm³/mol. The molecule has 0 aliphatic carbocycles. The van der Waals surface area contributed by atoms with Crippen LogP contribution in [0.4, 0.5) is 5.69 Å². The summed E-state index contributed by atoms with van der Waals surface area (Å²) in [7, 11) is 0. The van der Waals surface area contributed by atoms with Crippen LogP contribution in [0.15, 0.2) is 47.8 Å². The fourth-order valence-corrected chi connectivity index (χ4v) is 3.51. The standard InChI is InChI=1S/C21H19NO4S/c1-13-3-4-16(7-14(13)2)22-21(23)20-8-15(11-27-20)10-24-17-5-6-18-19(9-17)26-12-25-18/h3-9,11H,10,12H2,1-2H3,(H,22,23). The van der Waals surface area contributed by atoms with Gasteiger partial charge in [0.2, 0.25) is 6.79 Å². The van der Waals surface area contributed by atoms with Crippen molar-refractivity contribution in [3.05, 3.63) is 69.4 Å². The summed E-state index contributed by atoms with van der Waals surface area (Å²) in [6.45, 7) is 4.70. The third-order valence-corrected chi connectivity index (χ3v) is 5.37. The van der Waals surface area contributed by atoms with Crippen LogP contribution in [0.5, 0.6) is 17.2 Å². The molecule has 0 bridgehead atoms. The Labute approximate surface area is 161 Å². The van der Waals surface area contributed by atoms with Gasteiger partial charge in [-0.1, -0.05) is 6.07 Å². The summed E-state index contributed by atoms with van der Waals surface area (Å²) in [4.78, 5) is 13.1. The largest absolute Gasteiger partial charge is 0.489 e. The molecule has 0 atom stereocenters. The molecular weight excluding hydrogens is 362 g/mol. The number of rotatable bonds is 5. The third-order valence-electron chi connectivity index (χ3n) is 4.39. The first-order chi connectivity index (χ1) is 13.1. The number of ether oxygens (including phenoxy) is 3. The lowest BCUT2D eigenvalue weighted by atomic mass is 10.1. The number of thiophene rings is 1. The van der Waals surface area contributed by atoms with Gasteiger partial charge in [0.05, 0.1) is 4.88 Å². The number of anilines is 1. The zero-order chi connectivity index (χ0) is 18.8. The molecule has 27 heavy (non-hydrogen) atoms. The van der Waals surface area contributed by atoms with Gasteiger partial charge in [0.25, 0.3) is 5.91 Å². The highest BCUT2D eigenvalue weighted by Crippen LogP contribution is 2.35. The molecule has 0 radical (unpaired) electrons. The van der Waals surface area contributed by atoms with Crippen molar-refractivity contribution in [1.82, 2.24) is 0 Å². The first-order valence-electron chi connectivity index (χ1n) is 8.57. The Morgan fingerprint density at radius 2 is 1.93 bits per heavy atom. The average molecular weight is 381 g/mol. The second kappa shape index (κ2) is 7.32. The molecule has 138 valence electrons. The quantitative estimate of drug-likeness (QED) is 0.681. The number of nitrogens with one attached hydrogen (secondary N) is 1. The monoisotopic (exact) mass is 381 g/mol. The molecule has 2 heterocycles. The second-order valence-electron chi connectivity index (χ2n) is 6.38. The van der Waals surface area contributed by atoms with Crippen molar-refractivity contribution in [1.29, 1.82) is 0 Å². The molecule has 5 nitrogen and oxygen atoms in total. The maximum atomic E-state index is 12.5. The molecule has 0 unspecified atom stereocenters. The second-order valence-corrected chi connectivity index (χ2v) is 7.29. The van der Waals surface area contributed by atoms with Crippen LogP contribution in [0.3, 0.4) is 0 Å². The number of carbonyl (C=O) groups is 1. The summed E-state index contributed by atoms with van der Waals surface area (Å²) >= 11 is 1.40. The Morgan fingerprint density at radius 3 is 2.78 bits per heavy atom. The molecule has 3 aromatic rings. The number of hydrogen-bond acceptors (Lipinski definition) is 5. The van der Waals surface area contributed by atoms with Crippen LogP contribution < -0.4 is 19.5 Å². The molecule has 1 aliphatic rings. The van der Waals surface area contributed by atoms with Gasteiger partial charge < -0.3 is 19.5 Å². The lowest BCUT2D eigenvalue weighted by Gasteiger charge is -2.07. The van der Waals surface area contributed by atoms with Crippen molar-refractivity contribution in [3.63, 3.8) is 0 Å². The Bertz CT molecular complexity index is 996. The molecule has 0 saturated heterocycles. The Balaban J connectivity index is 1.37. The van der Waals surface area contributed by atoms with E-state index in [0.29, 0.717) is 23.0 Å². The van der Waals surface area contributed by atoms with E-state index in [2.05, 4.69) is 5.32 Å². The summed E-state index contributed by atoms with van der Waals surface area (Å²) < 4.78 is 16.4. The van der Waals surface area contributed by atoms with Crippen molar-refractivity contribution in [2.75, 3.05) is 12.1 Å². The van der Waals surface area contributed by atoms with Crippen LogP contribution in [0.2, 0.25) is 0 Å². The lowest BCUT2D eigenvalue weighted by molar-refractivity contribution is 0.103. The smallest absolute Gasteiger partial charge is 0.265 e. The van der Waals surface area contributed by atoms with Crippen LogP contribution >= 0.6 is 11.3 Å². The maximum absolute atomic E-state index is 12.5. The lowest BCUT2D eigenvalue weighted by Crippen LogP contribution is -2.10. The highest BCUT2D eigenvalue weighted by molar-refractivity contribution is 7.12. The Morgan fingerprint density at radius 1 is 1.07 bits per heavy atom. The summed E-state index contributed by atoms with van der Waals surface area (Å²) in [5, 5.41) is 4.87. The first-order valence-corrected chi connectivity index (χ1v) is 9.45. The van der Waals surface area contributed by atoms with E-state index in [1.54, 1.807) is 0 Å². The molecule has 6 heteroatoms. The van der Waals surface area contributed by atoms with Gasteiger partial charge in [-0.3, -0.25) is 4.79 Å². The minimum atomic E-state index is -0.113. The van der Waals surface area contributed by atoms with Crippen LogP contribution in [-0.2, 0) is 6.61 Å². The van der Waals surface area contributed by atoms with Crippen molar-refractivity contribution in [3.8, 4) is 17.2 Å². The third kappa shape index (κ3) is 3.90. The van der Waals surface area contributed by atoms with Gasteiger partial charge in [0, 0.05) is 17.3 Å². The SMILES string of the molecule is Cc1ccc(NC(=O)c2cc(COc3ccc4c(c3)OCO4)cs2)cc1C. The molecule has 1 aliphatic heterocycles. The predicted octanol–water partition coefficient (Wildman–Crippen LogP) is 4.92. The van der Waals surface area contributed by atoms with Crippen molar-refractivity contribution in [2.24, 2.45) is 0 Å². The van der Waals surface area contributed by atoms with Crippen molar-refractivity contribution < 1.29 is 19.0 Å². The van der Waals surface area contributed by atoms with E-state index in [1.165, 1.54) is 16.9 Å². The van der Waals surface area contributed by atoms with Gasteiger partial charge >= 0.3 is 0 Å². The zero-order valence-corrected chi connectivity index (χ0v) is 15.9. The van der Waals surface area contributed by atoms with E-state index < -0.39 is 0 Å². The van der Waals surface area contributed by atoms with E-state index >= 15 is 0 Å². The van der Waals surface area contributed by atoms with E-state index in [0.717, 1.165) is 22.6 Å². The number of carbonyl (C=O) groups excluding carboxylic acids is 1.